The number of hydrogen-bond donors (Lipinski definition) is 0. The summed E-state index contributed by atoms with van der Waals surface area (Å²) in [6, 6.07) is 131. The highest BCUT2D eigenvalue weighted by atomic mass is 15.2. The van der Waals surface area contributed by atoms with Gasteiger partial charge in [0.05, 0.1) is 0 Å². The second kappa shape index (κ2) is 30.4. The highest BCUT2D eigenvalue weighted by molar-refractivity contribution is 6.94. The molecule has 0 N–H and O–H groups in total. The maximum Gasteiger partial charge on any atom is 0.333 e. The van der Waals surface area contributed by atoms with Gasteiger partial charge in [-0.3, -0.25) is 0 Å². The van der Waals surface area contributed by atoms with Crippen LogP contribution in [0.25, 0.3) is 100 Å². The Bertz CT molecular complexity index is 7540. The number of aryl methyl sites for hydroxylation is 1. The van der Waals surface area contributed by atoms with Crippen LogP contribution < -0.4 is 41.3 Å². The molecular formula is C129H122B2N4. The van der Waals surface area contributed by atoms with Gasteiger partial charge in [0, 0.05) is 68.0 Å². The Labute approximate surface area is 802 Å². The van der Waals surface area contributed by atoms with Crippen LogP contribution in [0.1, 0.15) is 212 Å². The van der Waals surface area contributed by atoms with Crippen molar-refractivity contribution in [2.45, 2.75) is 212 Å². The fourth-order valence-corrected chi connectivity index (χ4v) is 25.4. The maximum atomic E-state index is 2.78. The predicted octanol–water partition coefficient (Wildman–Crippen LogP) is 32.5. The van der Waals surface area contributed by atoms with E-state index in [4.69, 9.17) is 0 Å². The molecule has 16 aromatic rings. The average Bonchev–Trinajstić information content (AvgIpc) is 0.687. The molecule has 24 rings (SSSR count). The van der Waals surface area contributed by atoms with Crippen LogP contribution in [0.5, 0.6) is 0 Å². The summed E-state index contributed by atoms with van der Waals surface area (Å²) in [4.78, 5) is 10.9. The summed E-state index contributed by atoms with van der Waals surface area (Å²) in [5.41, 5.74) is 52.4. The van der Waals surface area contributed by atoms with E-state index in [9.17, 15) is 0 Å². The molecule has 0 saturated carbocycles. The molecule has 0 unspecified atom stereocenters. The zero-order valence-electron chi connectivity index (χ0n) is 81.9. The van der Waals surface area contributed by atoms with Gasteiger partial charge in [-0.15, -0.1) is 0 Å². The van der Waals surface area contributed by atoms with Gasteiger partial charge in [-0.25, -0.2) is 0 Å². The van der Waals surface area contributed by atoms with Crippen LogP contribution in [0.15, 0.2) is 334 Å². The lowest BCUT2D eigenvalue weighted by atomic mass is 9.42. The van der Waals surface area contributed by atoms with Gasteiger partial charge in [-0.1, -0.05) is 335 Å². The molecule has 0 saturated heterocycles. The van der Waals surface area contributed by atoms with E-state index in [1.165, 1.54) is 223 Å². The lowest BCUT2D eigenvalue weighted by Crippen LogP contribution is -2.62. The van der Waals surface area contributed by atoms with E-state index in [2.05, 4.69) is 471 Å². The lowest BCUT2D eigenvalue weighted by molar-refractivity contribution is 0.332. The van der Waals surface area contributed by atoms with E-state index in [1.54, 1.807) is 0 Å². The molecule has 4 aliphatic carbocycles. The van der Waals surface area contributed by atoms with Gasteiger partial charge in [-0.05, 0) is 372 Å². The summed E-state index contributed by atoms with van der Waals surface area (Å²) in [5.74, 6) is 0. The van der Waals surface area contributed by atoms with Crippen molar-refractivity contribution in [2.75, 3.05) is 19.4 Å². The predicted molar refractivity (Wildman–Crippen MR) is 578 cm³/mol. The minimum atomic E-state index is -0.188. The van der Waals surface area contributed by atoms with Crippen LogP contribution in [0, 0.1) is 6.92 Å². The van der Waals surface area contributed by atoms with Gasteiger partial charge < -0.3 is 19.4 Å². The first-order valence-corrected chi connectivity index (χ1v) is 49.9. The summed E-state index contributed by atoms with van der Waals surface area (Å²) >= 11 is 0. The molecule has 0 bridgehead atoms. The fourth-order valence-electron chi connectivity index (χ4n) is 25.4. The van der Waals surface area contributed by atoms with Crippen molar-refractivity contribution in [1.29, 1.82) is 0 Å². The standard InChI is InChI=1S/C129H122B2N4/c1-81-67-104-108(127(12,13)64-61-123(104,4)5)78-114(81)133-116-72-93(84-35-26-20-27-36-84)49-57-111(116)130-121-102(70-94(74-119(121)133)85-37-28-21-29-38-85)100-76-106-109(128(14,15)65-62-125(106,8)9)79-115(100)134(130)97-53-47-88(48-54-97)91-40-30-39-90(68-91)87-41-43-89(44-42-87)95-71-101-99-69-92(83-33-24-19-25-34-83)50-58-113(99)135(98-55-56-103-105(75-98)124(6,7)60-59-122(103,2)3)131-112-77-107-110(129(16,17)66-63-126(107,10)11)80-117(112)132(118(73-95)120(101)131)96-51-45-86(46-52-96)82-31-22-18-23-32-82/h18-58,67-80H,59-66H2,1-17H3. The Hall–Kier alpha value is -13.2. The molecule has 16 aromatic carbocycles. The topological polar surface area (TPSA) is 13.0 Å². The number of nitrogens with zero attached hydrogens (tertiary/aromatic N) is 4. The first kappa shape index (κ1) is 84.8. The zero-order valence-corrected chi connectivity index (χ0v) is 81.9. The van der Waals surface area contributed by atoms with Gasteiger partial charge >= 0.3 is 13.7 Å². The third-order valence-electron chi connectivity index (χ3n) is 34.0. The van der Waals surface area contributed by atoms with Crippen LogP contribution in [0.4, 0.5) is 56.9 Å². The molecule has 0 radical (unpaired) electrons. The van der Waals surface area contributed by atoms with Gasteiger partial charge in [0.2, 0.25) is 0 Å². The van der Waals surface area contributed by atoms with E-state index < -0.39 is 0 Å². The minimum Gasteiger partial charge on any atom is -0.376 e. The van der Waals surface area contributed by atoms with Crippen LogP contribution in [0.3, 0.4) is 0 Å². The van der Waals surface area contributed by atoms with Crippen molar-refractivity contribution < 1.29 is 0 Å². The van der Waals surface area contributed by atoms with E-state index in [1.807, 2.05) is 0 Å². The lowest BCUT2D eigenvalue weighted by Gasteiger charge is -2.49. The highest BCUT2D eigenvalue weighted by Crippen LogP contribution is 2.60. The van der Waals surface area contributed by atoms with Crippen LogP contribution in [-0.2, 0) is 43.3 Å². The quantitative estimate of drug-likeness (QED) is 0.120. The fraction of sp³-hybridized carbons (Fsp3) is 0.256. The Morgan fingerprint density at radius 3 is 1.01 bits per heavy atom. The van der Waals surface area contributed by atoms with Crippen molar-refractivity contribution in [2.24, 2.45) is 0 Å². The monoisotopic (exact) mass is 1750 g/mol. The van der Waals surface area contributed by atoms with Gasteiger partial charge in [0.25, 0.3) is 0 Å². The molecule has 0 spiro atoms. The Morgan fingerprint density at radius 2 is 0.496 bits per heavy atom. The number of fused-ring (bicyclic) bond motifs is 12. The Kier molecular flexibility index (Phi) is 19.1. The summed E-state index contributed by atoms with van der Waals surface area (Å²) in [6.45, 7) is 41.8. The van der Waals surface area contributed by atoms with Crippen molar-refractivity contribution in [3.05, 3.63) is 384 Å². The number of benzene rings is 16. The van der Waals surface area contributed by atoms with Crippen molar-refractivity contribution >= 4 is 92.4 Å². The van der Waals surface area contributed by atoms with Crippen LogP contribution in [0.2, 0.25) is 0 Å². The first-order chi connectivity index (χ1) is 64.7. The second-order valence-corrected chi connectivity index (χ2v) is 46.2. The van der Waals surface area contributed by atoms with E-state index in [0.717, 1.165) is 57.1 Å². The SMILES string of the molecule is Cc1cc2c(cc1N1c3cc(-c4ccccc4)ccc3B3c4c(cc(-c5ccccc5)cc41)-c1cc4c(cc1N3c1ccc(-c3cccc(-c5ccc(-c6cc7c8c(c6)N(c6ccc(-c9ccccc9)cc6)c6cc9c(cc6B8N(c6ccc8c(c6)C(C)(C)CCC8(C)C)c6ccc(-c8ccccc8)cc6-7)C(C)(C)CCC9(C)C)cc5)c3)cc1)C(C)(C)CCC4(C)C)C(C)(C)CCC2(C)C. The van der Waals surface area contributed by atoms with Crippen molar-refractivity contribution in [3.8, 4) is 100 Å². The molecule has 0 fully saturated rings. The summed E-state index contributed by atoms with van der Waals surface area (Å²) in [6.07, 6.45) is 9.09. The van der Waals surface area contributed by atoms with E-state index in [0.29, 0.717) is 0 Å². The summed E-state index contributed by atoms with van der Waals surface area (Å²) in [5, 5.41) is 0. The molecule has 0 aromatic heterocycles. The molecule has 135 heavy (non-hydrogen) atoms. The van der Waals surface area contributed by atoms with Crippen molar-refractivity contribution in [1.82, 2.24) is 0 Å². The molecule has 664 valence electrons. The van der Waals surface area contributed by atoms with Gasteiger partial charge in [-0.2, -0.15) is 0 Å². The average molecular weight is 1750 g/mol. The second-order valence-electron chi connectivity index (χ2n) is 46.2. The number of anilines is 10. The highest BCUT2D eigenvalue weighted by Gasteiger charge is 2.52. The van der Waals surface area contributed by atoms with Crippen LogP contribution >= 0.6 is 0 Å². The molecule has 4 aliphatic heterocycles. The van der Waals surface area contributed by atoms with Crippen LogP contribution in [-0.4, -0.2) is 13.7 Å². The molecule has 4 heterocycles. The van der Waals surface area contributed by atoms with E-state index in [-0.39, 0.29) is 57.0 Å². The maximum absolute atomic E-state index is 2.78. The zero-order chi connectivity index (χ0) is 92.7. The summed E-state index contributed by atoms with van der Waals surface area (Å²) in [7, 11) is 0. The number of rotatable bonds is 11. The Balaban J connectivity index is 0.656. The molecule has 4 nitrogen and oxygen atoms in total. The minimum absolute atomic E-state index is 0.00166. The van der Waals surface area contributed by atoms with Crippen molar-refractivity contribution in [3.63, 3.8) is 0 Å². The third-order valence-corrected chi connectivity index (χ3v) is 34.0. The smallest absolute Gasteiger partial charge is 0.333 e. The van der Waals surface area contributed by atoms with E-state index >= 15 is 0 Å². The van der Waals surface area contributed by atoms with Gasteiger partial charge in [0.15, 0.2) is 0 Å². The third kappa shape index (κ3) is 13.6. The van der Waals surface area contributed by atoms with Gasteiger partial charge in [0.1, 0.15) is 0 Å². The largest absolute Gasteiger partial charge is 0.376 e. The first-order valence-electron chi connectivity index (χ1n) is 49.9. The summed E-state index contributed by atoms with van der Waals surface area (Å²) < 4.78 is 0. The molecule has 8 aliphatic rings. The molecule has 0 atom stereocenters. The normalized spacial score (nSPS) is 17.8. The number of hydrogen-bond acceptors (Lipinski definition) is 4. The Morgan fingerprint density at radius 1 is 0.185 bits per heavy atom. The molecule has 6 heteroatoms. The molecule has 0 amide bonds. The molecular weight excluding hydrogens is 1630 g/mol.